The third kappa shape index (κ3) is 4.16. The summed E-state index contributed by atoms with van der Waals surface area (Å²) in [6.07, 6.45) is 1.71. The molecular weight excluding hydrogens is 374 g/mol. The van der Waals surface area contributed by atoms with Crippen molar-refractivity contribution in [2.45, 2.75) is 24.4 Å². The number of para-hydroxylation sites is 1. The minimum Gasteiger partial charge on any atom is -0.464 e. The average molecular weight is 398 g/mol. The van der Waals surface area contributed by atoms with E-state index in [1.165, 1.54) is 12.0 Å². The molecule has 0 saturated carbocycles. The van der Waals surface area contributed by atoms with Crippen molar-refractivity contribution in [2.24, 2.45) is 5.73 Å². The summed E-state index contributed by atoms with van der Waals surface area (Å²) in [6, 6.07) is 13.5. The summed E-state index contributed by atoms with van der Waals surface area (Å²) >= 11 is 1.22. The highest BCUT2D eigenvalue weighted by molar-refractivity contribution is 7.95. The maximum Gasteiger partial charge on any atom is 0.252 e. The zero-order valence-electron chi connectivity index (χ0n) is 15.7. The van der Waals surface area contributed by atoms with Gasteiger partial charge in [-0.3, -0.25) is 9.69 Å². The minimum absolute atomic E-state index is 0.370. The molecule has 1 atom stereocenters. The first-order valence-corrected chi connectivity index (χ1v) is 10.0. The second kappa shape index (κ2) is 8.26. The Hall–Kier alpha value is -2.48. The van der Waals surface area contributed by atoms with Crippen molar-refractivity contribution in [2.75, 3.05) is 19.6 Å². The van der Waals surface area contributed by atoms with Crippen molar-refractivity contribution >= 4 is 28.9 Å². The van der Waals surface area contributed by atoms with Crippen LogP contribution in [0.25, 0.3) is 11.0 Å². The number of carbonyl (C=O) groups excluding carboxylic acids is 1. The van der Waals surface area contributed by atoms with Crippen LogP contribution in [0.4, 0.5) is 0 Å². The van der Waals surface area contributed by atoms with Gasteiger partial charge in [0.05, 0.1) is 23.9 Å². The maximum absolute atomic E-state index is 11.6. The van der Waals surface area contributed by atoms with Crippen LogP contribution in [0.5, 0.6) is 5.75 Å². The molecule has 3 N–H and O–H groups in total. The molecule has 146 valence electrons. The molecule has 0 aliphatic carbocycles. The molecule has 1 unspecified atom stereocenters. The molecule has 28 heavy (non-hydrogen) atoms. The van der Waals surface area contributed by atoms with E-state index in [0.717, 1.165) is 47.6 Å². The third-order valence-electron chi connectivity index (χ3n) is 4.83. The monoisotopic (exact) mass is 397 g/mol. The van der Waals surface area contributed by atoms with Gasteiger partial charge in [0, 0.05) is 48.1 Å². The molecule has 0 bridgehead atoms. The number of nitrogens with two attached hydrogens (primary N) is 1. The first kappa shape index (κ1) is 18.9. The molecule has 1 aliphatic heterocycles. The second-order valence-corrected chi connectivity index (χ2v) is 7.84. The number of amides is 1. The zero-order valence-corrected chi connectivity index (χ0v) is 16.5. The van der Waals surface area contributed by atoms with Gasteiger partial charge in [-0.25, -0.2) is 0 Å². The number of hydrogen-bond acceptors (Lipinski definition) is 6. The summed E-state index contributed by atoms with van der Waals surface area (Å²) in [5.41, 5.74) is 7.84. The largest absolute Gasteiger partial charge is 0.464 e. The van der Waals surface area contributed by atoms with E-state index in [1.54, 1.807) is 24.5 Å². The number of hydrogen-bond donors (Lipinski definition) is 2. The molecule has 1 aromatic heterocycles. The van der Waals surface area contributed by atoms with Gasteiger partial charge in [-0.15, -0.1) is 0 Å². The molecule has 1 amide bonds. The number of carbonyl (C=O) groups is 1. The number of rotatable bonds is 6. The standard InChI is InChI=1S/C21H23N3O3S/c1-14-12-24(8-7-23-14)13-16-11-17(10-15-6-9-26-20(15)16)28-27-19-5-3-2-4-18(19)21(22)25/h2-6,9-11,14,23H,7-8,12-13H2,1H3,(H2,22,25). The van der Waals surface area contributed by atoms with Gasteiger partial charge in [0.25, 0.3) is 5.91 Å². The van der Waals surface area contributed by atoms with Gasteiger partial charge >= 0.3 is 0 Å². The smallest absolute Gasteiger partial charge is 0.252 e. The van der Waals surface area contributed by atoms with Gasteiger partial charge in [-0.2, -0.15) is 0 Å². The minimum atomic E-state index is -0.505. The van der Waals surface area contributed by atoms with Crippen LogP contribution in [-0.4, -0.2) is 36.5 Å². The molecular formula is C21H23N3O3S. The molecule has 2 aromatic carbocycles. The van der Waals surface area contributed by atoms with E-state index in [1.807, 2.05) is 18.2 Å². The summed E-state index contributed by atoms with van der Waals surface area (Å²) in [5.74, 6) is -0.0419. The third-order valence-corrected chi connectivity index (χ3v) is 5.52. The summed E-state index contributed by atoms with van der Waals surface area (Å²) < 4.78 is 11.6. The van der Waals surface area contributed by atoms with Crippen molar-refractivity contribution in [3.63, 3.8) is 0 Å². The lowest BCUT2D eigenvalue weighted by molar-refractivity contribution is 0.0999. The number of benzene rings is 2. The SMILES string of the molecule is CC1CN(Cc2cc(SOc3ccccc3C(N)=O)cc3ccoc23)CCN1. The number of nitrogens with one attached hydrogen (secondary N) is 1. The van der Waals surface area contributed by atoms with E-state index in [-0.39, 0.29) is 0 Å². The van der Waals surface area contributed by atoms with Crippen molar-refractivity contribution in [3.8, 4) is 5.75 Å². The van der Waals surface area contributed by atoms with Crippen molar-refractivity contribution in [1.29, 1.82) is 0 Å². The lowest BCUT2D eigenvalue weighted by Crippen LogP contribution is -2.48. The highest BCUT2D eigenvalue weighted by atomic mass is 32.2. The van der Waals surface area contributed by atoms with Crippen LogP contribution in [0.2, 0.25) is 0 Å². The quantitative estimate of drug-likeness (QED) is 0.621. The molecule has 2 heterocycles. The zero-order chi connectivity index (χ0) is 19.5. The fourth-order valence-corrected chi connectivity index (χ4v) is 4.22. The Labute approximate surface area is 168 Å². The Morgan fingerprint density at radius 3 is 3.04 bits per heavy atom. The summed E-state index contributed by atoms with van der Waals surface area (Å²) in [5, 5.41) is 4.50. The van der Waals surface area contributed by atoms with Crippen LogP contribution in [0.3, 0.4) is 0 Å². The van der Waals surface area contributed by atoms with E-state index in [4.69, 9.17) is 14.3 Å². The Morgan fingerprint density at radius 1 is 1.36 bits per heavy atom. The second-order valence-electron chi connectivity index (χ2n) is 7.04. The van der Waals surface area contributed by atoms with Crippen LogP contribution in [0.1, 0.15) is 22.8 Å². The number of nitrogens with zero attached hydrogens (tertiary/aromatic N) is 1. The summed E-state index contributed by atoms with van der Waals surface area (Å²) in [7, 11) is 0. The fraction of sp³-hybridized carbons (Fsp3) is 0.286. The lowest BCUT2D eigenvalue weighted by Gasteiger charge is -2.31. The van der Waals surface area contributed by atoms with Crippen LogP contribution >= 0.6 is 12.0 Å². The van der Waals surface area contributed by atoms with Gasteiger partial charge in [0.15, 0.2) is 5.75 Å². The van der Waals surface area contributed by atoms with Crippen molar-refractivity contribution in [1.82, 2.24) is 10.2 Å². The van der Waals surface area contributed by atoms with Gasteiger partial charge in [0.1, 0.15) is 5.58 Å². The molecule has 3 aromatic rings. The van der Waals surface area contributed by atoms with E-state index in [2.05, 4.69) is 23.2 Å². The first-order valence-electron chi connectivity index (χ1n) is 9.29. The van der Waals surface area contributed by atoms with Crippen LogP contribution in [-0.2, 0) is 6.54 Å². The normalized spacial score (nSPS) is 17.7. The van der Waals surface area contributed by atoms with Crippen LogP contribution in [0, 0.1) is 0 Å². The highest BCUT2D eigenvalue weighted by Gasteiger charge is 2.18. The maximum atomic E-state index is 11.6. The predicted molar refractivity (Wildman–Crippen MR) is 110 cm³/mol. The van der Waals surface area contributed by atoms with Crippen molar-refractivity contribution in [3.05, 3.63) is 59.9 Å². The van der Waals surface area contributed by atoms with Crippen LogP contribution in [0.15, 0.2) is 58.0 Å². The Bertz CT molecular complexity index is 988. The first-order chi connectivity index (χ1) is 13.6. The molecule has 7 heteroatoms. The molecule has 0 radical (unpaired) electrons. The van der Waals surface area contributed by atoms with Gasteiger partial charge in [-0.1, -0.05) is 12.1 Å². The van der Waals surface area contributed by atoms with Gasteiger partial charge in [-0.05, 0) is 37.3 Å². The van der Waals surface area contributed by atoms with E-state index in [0.29, 0.717) is 17.4 Å². The lowest BCUT2D eigenvalue weighted by atomic mass is 10.1. The predicted octanol–water partition coefficient (Wildman–Crippen LogP) is 3.41. The van der Waals surface area contributed by atoms with Crippen molar-refractivity contribution < 1.29 is 13.4 Å². The summed E-state index contributed by atoms with van der Waals surface area (Å²) in [6.45, 7) is 6.02. The van der Waals surface area contributed by atoms with Gasteiger partial charge < -0.3 is 19.7 Å². The van der Waals surface area contributed by atoms with E-state index in [9.17, 15) is 4.79 Å². The fourth-order valence-electron chi connectivity index (χ4n) is 3.52. The molecule has 1 fully saturated rings. The highest BCUT2D eigenvalue weighted by Crippen LogP contribution is 2.31. The molecule has 0 spiro atoms. The van der Waals surface area contributed by atoms with Gasteiger partial charge in [0.2, 0.25) is 0 Å². The van der Waals surface area contributed by atoms with E-state index >= 15 is 0 Å². The topological polar surface area (TPSA) is 80.7 Å². The number of furan rings is 1. The molecule has 6 nitrogen and oxygen atoms in total. The number of fused-ring (bicyclic) bond motifs is 1. The Balaban J connectivity index is 1.56. The Kier molecular flexibility index (Phi) is 5.57. The van der Waals surface area contributed by atoms with E-state index < -0.39 is 5.91 Å². The summed E-state index contributed by atoms with van der Waals surface area (Å²) in [4.78, 5) is 15.0. The van der Waals surface area contributed by atoms with Crippen LogP contribution < -0.4 is 15.2 Å². The number of piperazine rings is 1. The Morgan fingerprint density at radius 2 is 2.21 bits per heavy atom. The molecule has 4 rings (SSSR count). The average Bonchev–Trinajstić information content (AvgIpc) is 3.15. The number of primary amides is 1. The molecule has 1 saturated heterocycles. The molecule has 1 aliphatic rings.